The van der Waals surface area contributed by atoms with Crippen LogP contribution in [0, 0.1) is 11.3 Å². The van der Waals surface area contributed by atoms with Crippen molar-refractivity contribution in [2.75, 3.05) is 0 Å². The minimum atomic E-state index is 0.554. The van der Waals surface area contributed by atoms with Crippen molar-refractivity contribution in [3.63, 3.8) is 0 Å². The zero-order chi connectivity index (χ0) is 11.8. The lowest BCUT2D eigenvalue weighted by atomic mass is 10.3. The molecule has 0 N–H and O–H groups in total. The summed E-state index contributed by atoms with van der Waals surface area (Å²) in [7, 11) is 0. The topological polar surface area (TPSA) is 67.1 Å². The maximum atomic E-state index is 8.88. The lowest BCUT2D eigenvalue weighted by molar-refractivity contribution is 0.542. The molecule has 3 aromatic rings. The van der Waals surface area contributed by atoms with E-state index in [0.717, 1.165) is 5.56 Å². The first-order valence-electron chi connectivity index (χ1n) is 4.78. The number of pyridine rings is 1. The molecule has 0 unspecified atom stereocenters. The van der Waals surface area contributed by atoms with Crippen molar-refractivity contribution in [1.82, 2.24) is 14.6 Å². The lowest BCUT2D eigenvalue weighted by Gasteiger charge is -1.97. The van der Waals surface area contributed by atoms with Crippen molar-refractivity contribution >= 4 is 21.6 Å². The fourth-order valence-electron chi connectivity index (χ4n) is 1.59. The molecule has 17 heavy (non-hydrogen) atoms. The van der Waals surface area contributed by atoms with Crippen LogP contribution in [-0.2, 0) is 0 Å². The number of nitriles is 1. The van der Waals surface area contributed by atoms with E-state index in [-0.39, 0.29) is 0 Å². The fraction of sp³-hybridized carbons (Fsp3) is 0. The van der Waals surface area contributed by atoms with Gasteiger partial charge in [-0.25, -0.2) is 0 Å². The summed E-state index contributed by atoms with van der Waals surface area (Å²) in [6, 6.07) is 7.34. The predicted octanol–water partition coefficient (Wildman–Crippen LogP) is 2.62. The van der Waals surface area contributed by atoms with Gasteiger partial charge in [0.05, 0.1) is 17.4 Å². The molecule has 0 saturated heterocycles. The highest BCUT2D eigenvalue weighted by Crippen LogP contribution is 2.28. The quantitative estimate of drug-likeness (QED) is 0.690. The number of rotatable bonds is 1. The second-order valence-electron chi connectivity index (χ2n) is 3.39. The number of hydrogen-bond donors (Lipinski definition) is 0. The van der Waals surface area contributed by atoms with Crippen molar-refractivity contribution in [2.45, 2.75) is 0 Å². The highest BCUT2D eigenvalue weighted by molar-refractivity contribution is 9.10. The van der Waals surface area contributed by atoms with Gasteiger partial charge in [-0.2, -0.15) is 5.26 Å². The van der Waals surface area contributed by atoms with Crippen LogP contribution in [0.4, 0.5) is 0 Å². The third-order valence-electron chi connectivity index (χ3n) is 2.39. The van der Waals surface area contributed by atoms with Crippen LogP contribution < -0.4 is 0 Å². The highest BCUT2D eigenvalue weighted by atomic mass is 79.9. The number of furan rings is 1. The van der Waals surface area contributed by atoms with Gasteiger partial charge < -0.3 is 4.42 Å². The van der Waals surface area contributed by atoms with E-state index in [9.17, 15) is 0 Å². The molecule has 0 saturated carbocycles. The van der Waals surface area contributed by atoms with Crippen molar-refractivity contribution in [1.29, 1.82) is 5.26 Å². The molecule has 5 nitrogen and oxygen atoms in total. The van der Waals surface area contributed by atoms with Crippen LogP contribution in [0.1, 0.15) is 5.56 Å². The van der Waals surface area contributed by atoms with Gasteiger partial charge in [0.25, 0.3) is 0 Å². The Bertz CT molecular complexity index is 737. The van der Waals surface area contributed by atoms with Crippen molar-refractivity contribution < 1.29 is 4.42 Å². The molecule has 0 aliphatic rings. The summed E-state index contributed by atoms with van der Waals surface area (Å²) in [4.78, 5) is 0. The molecule has 0 fully saturated rings. The van der Waals surface area contributed by atoms with Gasteiger partial charge in [-0.3, -0.25) is 4.40 Å². The van der Waals surface area contributed by atoms with E-state index in [1.807, 2.05) is 0 Å². The first-order valence-corrected chi connectivity index (χ1v) is 5.57. The summed E-state index contributed by atoms with van der Waals surface area (Å²) in [5, 5.41) is 17.0. The number of nitrogens with zero attached hydrogens (tertiary/aromatic N) is 4. The standard InChI is InChI=1S/C11H5BrN4O/c12-10-8(3-4-17-10)11-15-14-9-2-1-7(5-13)6-16(9)11/h1-4,6H. The molecular weight excluding hydrogens is 284 g/mol. The summed E-state index contributed by atoms with van der Waals surface area (Å²) in [6.45, 7) is 0. The maximum absolute atomic E-state index is 8.88. The second kappa shape index (κ2) is 3.71. The summed E-state index contributed by atoms with van der Waals surface area (Å²) >= 11 is 3.30. The molecular formula is C11H5BrN4O. The van der Waals surface area contributed by atoms with E-state index in [1.54, 1.807) is 35.1 Å². The van der Waals surface area contributed by atoms with Crippen LogP contribution in [0.2, 0.25) is 0 Å². The molecule has 0 aliphatic carbocycles. The lowest BCUT2D eigenvalue weighted by Crippen LogP contribution is -1.90. The smallest absolute Gasteiger partial charge is 0.179 e. The molecule has 0 atom stereocenters. The number of halogens is 1. The fourth-order valence-corrected chi connectivity index (χ4v) is 2.01. The molecule has 3 aromatic heterocycles. The van der Waals surface area contributed by atoms with Gasteiger partial charge in [0, 0.05) is 6.20 Å². The molecule has 82 valence electrons. The number of aromatic nitrogens is 3. The van der Waals surface area contributed by atoms with Crippen LogP contribution in [0.15, 0.2) is 39.7 Å². The molecule has 0 radical (unpaired) electrons. The first-order chi connectivity index (χ1) is 8.29. The molecule has 3 rings (SSSR count). The Kier molecular flexibility index (Phi) is 2.20. The van der Waals surface area contributed by atoms with Crippen LogP contribution in [0.3, 0.4) is 0 Å². The van der Waals surface area contributed by atoms with Gasteiger partial charge in [0.15, 0.2) is 16.1 Å². The van der Waals surface area contributed by atoms with Crippen LogP contribution >= 0.6 is 15.9 Å². The molecule has 0 bridgehead atoms. The zero-order valence-electron chi connectivity index (χ0n) is 8.46. The Morgan fingerprint density at radius 1 is 1.29 bits per heavy atom. The summed E-state index contributed by atoms with van der Waals surface area (Å²) in [5.41, 5.74) is 2.04. The Labute approximate surface area is 104 Å². The van der Waals surface area contributed by atoms with Crippen molar-refractivity contribution in [2.24, 2.45) is 0 Å². The first kappa shape index (κ1) is 10.1. The number of fused-ring (bicyclic) bond motifs is 1. The Morgan fingerprint density at radius 2 is 2.18 bits per heavy atom. The average Bonchev–Trinajstić information content (AvgIpc) is 2.94. The normalized spacial score (nSPS) is 10.6. The largest absolute Gasteiger partial charge is 0.457 e. The van der Waals surface area contributed by atoms with Crippen LogP contribution in [0.5, 0.6) is 0 Å². The monoisotopic (exact) mass is 288 g/mol. The van der Waals surface area contributed by atoms with Gasteiger partial charge in [0.2, 0.25) is 0 Å². The molecule has 0 aliphatic heterocycles. The van der Waals surface area contributed by atoms with Gasteiger partial charge in [-0.1, -0.05) is 0 Å². The Hall–Kier alpha value is -2.13. The van der Waals surface area contributed by atoms with Gasteiger partial charge >= 0.3 is 0 Å². The van der Waals surface area contributed by atoms with E-state index >= 15 is 0 Å². The van der Waals surface area contributed by atoms with Crippen LogP contribution in [0.25, 0.3) is 17.0 Å². The van der Waals surface area contributed by atoms with Gasteiger partial charge in [-0.15, -0.1) is 10.2 Å². The van der Waals surface area contributed by atoms with Crippen molar-refractivity contribution in [3.8, 4) is 17.5 Å². The van der Waals surface area contributed by atoms with E-state index < -0.39 is 0 Å². The third-order valence-corrected chi connectivity index (χ3v) is 3.00. The Morgan fingerprint density at radius 3 is 2.88 bits per heavy atom. The third kappa shape index (κ3) is 1.52. The van der Waals surface area contributed by atoms with Gasteiger partial charge in [-0.05, 0) is 34.1 Å². The molecule has 6 heteroatoms. The second-order valence-corrected chi connectivity index (χ2v) is 4.11. The summed E-state index contributed by atoms with van der Waals surface area (Å²) in [5.74, 6) is 0.637. The summed E-state index contributed by atoms with van der Waals surface area (Å²) < 4.78 is 7.51. The molecule has 3 heterocycles. The van der Waals surface area contributed by atoms with Crippen LogP contribution in [-0.4, -0.2) is 14.6 Å². The SMILES string of the molecule is N#Cc1ccc2nnc(-c3ccoc3Br)n2c1. The van der Waals surface area contributed by atoms with Crippen molar-refractivity contribution in [3.05, 3.63) is 40.9 Å². The van der Waals surface area contributed by atoms with Gasteiger partial charge in [0.1, 0.15) is 6.07 Å². The van der Waals surface area contributed by atoms with E-state index in [2.05, 4.69) is 32.2 Å². The molecule has 0 aromatic carbocycles. The highest BCUT2D eigenvalue weighted by Gasteiger charge is 2.13. The minimum Gasteiger partial charge on any atom is -0.457 e. The maximum Gasteiger partial charge on any atom is 0.179 e. The summed E-state index contributed by atoms with van der Waals surface area (Å²) in [6.07, 6.45) is 3.26. The number of hydrogen-bond acceptors (Lipinski definition) is 4. The Balaban J connectivity index is 2.31. The minimum absolute atomic E-state index is 0.554. The van der Waals surface area contributed by atoms with E-state index in [1.165, 1.54) is 0 Å². The zero-order valence-corrected chi connectivity index (χ0v) is 10.0. The average molecular weight is 289 g/mol. The molecule has 0 spiro atoms. The van der Waals surface area contributed by atoms with E-state index in [0.29, 0.717) is 21.7 Å². The molecule has 0 amide bonds. The van der Waals surface area contributed by atoms with E-state index in [4.69, 9.17) is 9.68 Å². The predicted molar refractivity (Wildman–Crippen MR) is 63.1 cm³/mol.